The highest BCUT2D eigenvalue weighted by atomic mass is 19.3. The number of halogens is 2. The van der Waals surface area contributed by atoms with Crippen molar-refractivity contribution in [2.75, 3.05) is 39.8 Å². The Morgan fingerprint density at radius 2 is 1.88 bits per heavy atom. The van der Waals surface area contributed by atoms with Crippen molar-refractivity contribution >= 4 is 0 Å². The molecule has 1 heterocycles. The van der Waals surface area contributed by atoms with Crippen LogP contribution >= 0.6 is 0 Å². The van der Waals surface area contributed by atoms with Crippen molar-refractivity contribution in [3.63, 3.8) is 0 Å². The van der Waals surface area contributed by atoms with Crippen LogP contribution in [0.2, 0.25) is 0 Å². The Morgan fingerprint density at radius 1 is 1.29 bits per heavy atom. The van der Waals surface area contributed by atoms with Crippen LogP contribution in [-0.2, 0) is 0 Å². The van der Waals surface area contributed by atoms with E-state index in [2.05, 4.69) is 11.8 Å². The average molecular weight is 250 g/mol. The molecule has 17 heavy (non-hydrogen) atoms. The standard InChI is InChI=1S/C12H24F2N2O/c1-10-3-5-16(6-4-10)8-11(17)7-15(2)9-12(13)14/h10-12,17H,3-9H2,1-2H3. The predicted octanol–water partition coefficient (Wildman–Crippen LogP) is 1.28. The molecule has 0 spiro atoms. The average Bonchev–Trinajstić information content (AvgIpc) is 2.19. The summed E-state index contributed by atoms with van der Waals surface area (Å²) in [7, 11) is 1.62. The van der Waals surface area contributed by atoms with Crippen molar-refractivity contribution in [2.45, 2.75) is 32.3 Å². The number of β-amino-alcohol motifs (C(OH)–C–C–N with tert-alkyl or cyclic N) is 1. The number of piperidine rings is 1. The number of likely N-dealkylation sites (tertiary alicyclic amines) is 1. The Morgan fingerprint density at radius 3 is 2.41 bits per heavy atom. The van der Waals surface area contributed by atoms with Gasteiger partial charge in [0.2, 0.25) is 0 Å². The molecule has 1 aliphatic rings. The molecule has 1 rings (SSSR count). The molecule has 1 saturated heterocycles. The van der Waals surface area contributed by atoms with Crippen molar-refractivity contribution in [3.05, 3.63) is 0 Å². The van der Waals surface area contributed by atoms with Gasteiger partial charge in [-0.05, 0) is 38.9 Å². The normalized spacial score (nSPS) is 21.4. The Hall–Kier alpha value is -0.260. The van der Waals surface area contributed by atoms with Crippen molar-refractivity contribution in [1.82, 2.24) is 9.80 Å². The van der Waals surface area contributed by atoms with Crippen LogP contribution in [0.25, 0.3) is 0 Å². The molecule has 1 N–H and O–H groups in total. The highest BCUT2D eigenvalue weighted by Crippen LogP contribution is 2.16. The first-order valence-electron chi connectivity index (χ1n) is 6.34. The summed E-state index contributed by atoms with van der Waals surface area (Å²) in [6.07, 6.45) is -0.533. The van der Waals surface area contributed by atoms with Gasteiger partial charge < -0.3 is 10.0 Å². The highest BCUT2D eigenvalue weighted by Gasteiger charge is 2.19. The molecule has 0 aromatic heterocycles. The summed E-state index contributed by atoms with van der Waals surface area (Å²) >= 11 is 0. The lowest BCUT2D eigenvalue weighted by atomic mass is 9.99. The predicted molar refractivity (Wildman–Crippen MR) is 64.3 cm³/mol. The van der Waals surface area contributed by atoms with Gasteiger partial charge in [-0.25, -0.2) is 8.78 Å². The maximum atomic E-state index is 12.1. The number of aliphatic hydroxyl groups is 1. The van der Waals surface area contributed by atoms with E-state index in [-0.39, 0.29) is 6.54 Å². The van der Waals surface area contributed by atoms with E-state index in [0.29, 0.717) is 13.1 Å². The zero-order valence-electron chi connectivity index (χ0n) is 10.8. The second-order valence-electron chi connectivity index (χ2n) is 5.25. The Labute approximate surface area is 102 Å². The quantitative estimate of drug-likeness (QED) is 0.769. The molecule has 5 heteroatoms. The van der Waals surface area contributed by atoms with Crippen LogP contribution in [0.15, 0.2) is 0 Å². The number of rotatable bonds is 6. The SMILES string of the molecule is CC1CCN(CC(O)CN(C)CC(F)F)CC1. The third-order valence-corrected chi connectivity index (χ3v) is 3.32. The zero-order valence-corrected chi connectivity index (χ0v) is 10.8. The number of hydrogen-bond acceptors (Lipinski definition) is 3. The van der Waals surface area contributed by atoms with Gasteiger partial charge in [0.1, 0.15) is 0 Å². The summed E-state index contributed by atoms with van der Waals surface area (Å²) in [5.41, 5.74) is 0. The second-order valence-corrected chi connectivity index (χ2v) is 5.25. The van der Waals surface area contributed by atoms with E-state index in [4.69, 9.17) is 0 Å². The first-order chi connectivity index (χ1) is 7.97. The van der Waals surface area contributed by atoms with Crippen LogP contribution in [0.3, 0.4) is 0 Å². The topological polar surface area (TPSA) is 26.7 Å². The maximum Gasteiger partial charge on any atom is 0.251 e. The van der Waals surface area contributed by atoms with Crippen molar-refractivity contribution in [1.29, 1.82) is 0 Å². The fourth-order valence-corrected chi connectivity index (χ4v) is 2.27. The largest absolute Gasteiger partial charge is 0.390 e. The molecule has 0 aromatic rings. The molecule has 0 bridgehead atoms. The molecule has 1 unspecified atom stereocenters. The van der Waals surface area contributed by atoms with E-state index in [1.54, 1.807) is 7.05 Å². The van der Waals surface area contributed by atoms with Crippen LogP contribution in [0.1, 0.15) is 19.8 Å². The summed E-state index contributed by atoms with van der Waals surface area (Å²) in [5.74, 6) is 0.768. The van der Waals surface area contributed by atoms with E-state index < -0.39 is 12.5 Å². The molecule has 1 aliphatic heterocycles. The van der Waals surface area contributed by atoms with E-state index in [9.17, 15) is 13.9 Å². The maximum absolute atomic E-state index is 12.1. The van der Waals surface area contributed by atoms with Crippen molar-refractivity contribution in [3.8, 4) is 0 Å². The van der Waals surface area contributed by atoms with Crippen LogP contribution in [0, 0.1) is 5.92 Å². The summed E-state index contributed by atoms with van der Waals surface area (Å²) in [5, 5.41) is 9.82. The molecule has 1 atom stereocenters. The van der Waals surface area contributed by atoms with Gasteiger partial charge in [0.15, 0.2) is 0 Å². The highest BCUT2D eigenvalue weighted by molar-refractivity contribution is 4.73. The molecule has 0 aromatic carbocycles. The summed E-state index contributed by atoms with van der Waals surface area (Å²) in [4.78, 5) is 3.71. The Balaban J connectivity index is 2.18. The monoisotopic (exact) mass is 250 g/mol. The van der Waals surface area contributed by atoms with Gasteiger partial charge in [-0.15, -0.1) is 0 Å². The first-order valence-corrected chi connectivity index (χ1v) is 6.34. The molecule has 1 fully saturated rings. The van der Waals surface area contributed by atoms with Gasteiger partial charge in [0, 0.05) is 13.1 Å². The van der Waals surface area contributed by atoms with E-state index >= 15 is 0 Å². The van der Waals surface area contributed by atoms with Crippen LogP contribution in [-0.4, -0.2) is 67.2 Å². The number of hydrogen-bond donors (Lipinski definition) is 1. The Kier molecular flexibility index (Phi) is 6.30. The van der Waals surface area contributed by atoms with E-state index in [1.165, 1.54) is 17.7 Å². The molecule has 0 aliphatic carbocycles. The number of aliphatic hydroxyl groups excluding tert-OH is 1. The van der Waals surface area contributed by atoms with Crippen LogP contribution in [0.4, 0.5) is 8.78 Å². The first kappa shape index (κ1) is 14.8. The fourth-order valence-electron chi connectivity index (χ4n) is 2.27. The van der Waals surface area contributed by atoms with Crippen LogP contribution in [0.5, 0.6) is 0 Å². The Bertz CT molecular complexity index is 209. The van der Waals surface area contributed by atoms with Gasteiger partial charge in [-0.1, -0.05) is 6.92 Å². The zero-order chi connectivity index (χ0) is 12.8. The minimum absolute atomic E-state index is 0.270. The minimum Gasteiger partial charge on any atom is -0.390 e. The van der Waals surface area contributed by atoms with Gasteiger partial charge >= 0.3 is 0 Å². The molecule has 0 saturated carbocycles. The van der Waals surface area contributed by atoms with Gasteiger partial charge in [-0.3, -0.25) is 4.90 Å². The van der Waals surface area contributed by atoms with Gasteiger partial charge in [0.05, 0.1) is 12.6 Å². The molecule has 0 amide bonds. The summed E-state index contributed by atoms with van der Waals surface area (Å²) in [6, 6.07) is 0. The smallest absolute Gasteiger partial charge is 0.251 e. The third-order valence-electron chi connectivity index (χ3n) is 3.32. The number of alkyl halides is 2. The number of nitrogens with zero attached hydrogens (tertiary/aromatic N) is 2. The molecular formula is C12H24F2N2O. The molecule has 102 valence electrons. The van der Waals surface area contributed by atoms with Crippen molar-refractivity contribution in [2.24, 2.45) is 5.92 Å². The number of likely N-dealkylation sites (N-methyl/N-ethyl adjacent to an activating group) is 1. The molecule has 0 radical (unpaired) electrons. The van der Waals surface area contributed by atoms with Gasteiger partial charge in [-0.2, -0.15) is 0 Å². The van der Waals surface area contributed by atoms with Gasteiger partial charge in [0.25, 0.3) is 6.43 Å². The molecular weight excluding hydrogens is 226 g/mol. The fraction of sp³-hybridized carbons (Fsp3) is 1.00. The third kappa shape index (κ3) is 6.29. The van der Waals surface area contributed by atoms with E-state index in [1.807, 2.05) is 0 Å². The molecule has 3 nitrogen and oxygen atoms in total. The summed E-state index contributed by atoms with van der Waals surface area (Å²) < 4.78 is 24.2. The summed E-state index contributed by atoms with van der Waals surface area (Å²) in [6.45, 7) is 4.91. The lowest BCUT2D eigenvalue weighted by molar-refractivity contribution is 0.0444. The van der Waals surface area contributed by atoms with E-state index in [0.717, 1.165) is 19.0 Å². The lowest BCUT2D eigenvalue weighted by Gasteiger charge is -2.32. The van der Waals surface area contributed by atoms with Crippen LogP contribution < -0.4 is 0 Å². The second kappa shape index (κ2) is 7.24. The minimum atomic E-state index is -2.33. The lowest BCUT2D eigenvalue weighted by Crippen LogP contribution is -2.43. The van der Waals surface area contributed by atoms with Crippen molar-refractivity contribution < 1.29 is 13.9 Å².